The second-order valence-corrected chi connectivity index (χ2v) is 6.08. The minimum atomic E-state index is -1.03. The number of pyridine rings is 1. The fourth-order valence-electron chi connectivity index (χ4n) is 2.22. The Hall–Kier alpha value is -1.40. The number of halogens is 2. The predicted molar refractivity (Wildman–Crippen MR) is 75.7 cm³/mol. The summed E-state index contributed by atoms with van der Waals surface area (Å²) in [5.74, 6) is 0. The van der Waals surface area contributed by atoms with Gasteiger partial charge in [-0.15, -0.1) is 0 Å². The Labute approximate surface area is 128 Å². The third-order valence-electron chi connectivity index (χ3n) is 3.03. The molecule has 0 fully saturated rings. The molecule has 1 aliphatic rings. The average Bonchev–Trinajstić information content (AvgIpc) is 2.37. The van der Waals surface area contributed by atoms with Gasteiger partial charge in [-0.2, -0.15) is 0 Å². The van der Waals surface area contributed by atoms with Crippen LogP contribution in [0.25, 0.3) is 0 Å². The molecule has 0 saturated carbocycles. The van der Waals surface area contributed by atoms with Crippen LogP contribution in [-0.2, 0) is 15.9 Å². The maximum absolute atomic E-state index is 12.7. The Bertz CT molecular complexity index is 533. The average molecular weight is 317 g/mol. The number of carbonyl (C=O) groups excluding carboxylic acids is 1. The first-order valence-corrected chi connectivity index (χ1v) is 7.02. The number of hydrogen-bond acceptors (Lipinski definition) is 4. The van der Waals surface area contributed by atoms with Crippen molar-refractivity contribution in [2.75, 3.05) is 13.4 Å². The van der Waals surface area contributed by atoms with Gasteiger partial charge < -0.3 is 9.47 Å². The minimum Gasteiger partial charge on any atom is -0.444 e. The third kappa shape index (κ3) is 3.63. The molecule has 2 heterocycles. The van der Waals surface area contributed by atoms with Crippen LogP contribution in [0.2, 0.25) is 5.15 Å². The highest BCUT2D eigenvalue weighted by molar-refractivity contribution is 6.30. The summed E-state index contributed by atoms with van der Waals surface area (Å²) >= 11 is 6.08. The van der Waals surface area contributed by atoms with E-state index >= 15 is 0 Å². The van der Waals surface area contributed by atoms with Crippen molar-refractivity contribution in [3.05, 3.63) is 28.5 Å². The second-order valence-electron chi connectivity index (χ2n) is 5.73. The zero-order valence-electron chi connectivity index (χ0n) is 12.2. The number of hydrogen-bond donors (Lipinski definition) is 0. The molecule has 1 atom stereocenters. The van der Waals surface area contributed by atoms with Crippen LogP contribution in [0, 0.1) is 0 Å². The molecule has 0 aromatic carbocycles. The predicted octanol–water partition coefficient (Wildman–Crippen LogP) is 3.47. The summed E-state index contributed by atoms with van der Waals surface area (Å²) in [6.07, 6.45) is 0.682. The van der Waals surface area contributed by atoms with Gasteiger partial charge in [0.2, 0.25) is 0 Å². The van der Waals surface area contributed by atoms with Gasteiger partial charge in [0.1, 0.15) is 10.8 Å². The molecular formula is C14H18ClFN2O3. The van der Waals surface area contributed by atoms with Gasteiger partial charge in [-0.3, -0.25) is 4.90 Å². The number of fused-ring (bicyclic) bond motifs is 1. The van der Waals surface area contributed by atoms with Gasteiger partial charge in [-0.1, -0.05) is 11.6 Å². The van der Waals surface area contributed by atoms with Crippen LogP contribution in [0.5, 0.6) is 0 Å². The van der Waals surface area contributed by atoms with Gasteiger partial charge in [0, 0.05) is 18.3 Å². The summed E-state index contributed by atoms with van der Waals surface area (Å²) in [6, 6.07) is 1.79. The van der Waals surface area contributed by atoms with Crippen molar-refractivity contribution < 1.29 is 18.7 Å². The largest absolute Gasteiger partial charge is 0.444 e. The van der Waals surface area contributed by atoms with E-state index in [9.17, 15) is 9.18 Å². The monoisotopic (exact) mass is 316 g/mol. The standard InChI is InChI=1S/C14H18ClFN2O3/c1-14(2,3)21-13(19)18-7-5-9-4-6-17-11(15)10(9)12(18)20-8-16/h4,6,12H,5,7-8H2,1-3H3. The number of ether oxygens (including phenoxy) is 2. The molecule has 2 rings (SSSR count). The summed E-state index contributed by atoms with van der Waals surface area (Å²) in [4.78, 5) is 17.6. The number of aromatic nitrogens is 1. The Balaban J connectivity index is 2.32. The Morgan fingerprint density at radius 1 is 1.57 bits per heavy atom. The highest BCUT2D eigenvalue weighted by Gasteiger charge is 2.36. The lowest BCUT2D eigenvalue weighted by molar-refractivity contribution is -0.0999. The van der Waals surface area contributed by atoms with E-state index in [1.165, 1.54) is 4.90 Å². The molecule has 1 unspecified atom stereocenters. The molecule has 0 aliphatic carbocycles. The molecule has 0 saturated heterocycles. The molecular weight excluding hydrogens is 299 g/mol. The highest BCUT2D eigenvalue weighted by Crippen LogP contribution is 2.35. The SMILES string of the molecule is CC(C)(C)OC(=O)N1CCc2ccnc(Cl)c2C1OCF. The van der Waals surface area contributed by atoms with Crippen molar-refractivity contribution in [2.24, 2.45) is 0 Å². The normalized spacial score (nSPS) is 18.3. The molecule has 21 heavy (non-hydrogen) atoms. The van der Waals surface area contributed by atoms with Crippen LogP contribution in [0.15, 0.2) is 12.3 Å². The van der Waals surface area contributed by atoms with Crippen molar-refractivity contribution in [1.29, 1.82) is 0 Å². The van der Waals surface area contributed by atoms with E-state index in [1.54, 1.807) is 33.0 Å². The molecule has 116 valence electrons. The number of amides is 1. The lowest BCUT2D eigenvalue weighted by Gasteiger charge is -2.37. The van der Waals surface area contributed by atoms with Gasteiger partial charge in [0.25, 0.3) is 0 Å². The third-order valence-corrected chi connectivity index (χ3v) is 3.33. The molecule has 7 heteroatoms. The summed E-state index contributed by atoms with van der Waals surface area (Å²) in [7, 11) is 0. The fourth-order valence-corrected chi connectivity index (χ4v) is 2.49. The first-order chi connectivity index (χ1) is 9.83. The summed E-state index contributed by atoms with van der Waals surface area (Å²) in [6.45, 7) is 4.63. The van der Waals surface area contributed by atoms with E-state index in [2.05, 4.69) is 4.98 Å². The smallest absolute Gasteiger partial charge is 0.412 e. The number of alkyl halides is 1. The van der Waals surface area contributed by atoms with Crippen molar-refractivity contribution in [3.8, 4) is 0 Å². The zero-order valence-corrected chi connectivity index (χ0v) is 13.0. The quantitative estimate of drug-likeness (QED) is 0.784. The van der Waals surface area contributed by atoms with E-state index in [0.717, 1.165) is 5.56 Å². The van der Waals surface area contributed by atoms with Crippen LogP contribution >= 0.6 is 11.6 Å². The Morgan fingerprint density at radius 3 is 2.90 bits per heavy atom. The maximum Gasteiger partial charge on any atom is 0.412 e. The molecule has 0 bridgehead atoms. The van der Waals surface area contributed by atoms with E-state index in [0.29, 0.717) is 18.5 Å². The van der Waals surface area contributed by atoms with E-state index in [1.807, 2.05) is 0 Å². The van der Waals surface area contributed by atoms with Crippen LogP contribution in [-0.4, -0.2) is 35.0 Å². The second kappa shape index (κ2) is 6.15. The van der Waals surface area contributed by atoms with Crippen molar-refractivity contribution in [3.63, 3.8) is 0 Å². The summed E-state index contributed by atoms with van der Waals surface area (Å²) in [5.41, 5.74) is 0.776. The lowest BCUT2D eigenvalue weighted by Crippen LogP contribution is -2.44. The summed E-state index contributed by atoms with van der Waals surface area (Å²) < 4.78 is 23.1. The van der Waals surface area contributed by atoms with Crippen LogP contribution < -0.4 is 0 Å². The Morgan fingerprint density at radius 2 is 2.29 bits per heavy atom. The molecule has 5 nitrogen and oxygen atoms in total. The van der Waals surface area contributed by atoms with Crippen LogP contribution in [0.4, 0.5) is 9.18 Å². The summed E-state index contributed by atoms with van der Waals surface area (Å²) in [5, 5.41) is 0.208. The maximum atomic E-state index is 12.7. The topological polar surface area (TPSA) is 51.7 Å². The van der Waals surface area contributed by atoms with E-state index < -0.39 is 24.8 Å². The molecule has 1 aromatic rings. The van der Waals surface area contributed by atoms with Gasteiger partial charge >= 0.3 is 6.09 Å². The molecule has 0 N–H and O–H groups in total. The van der Waals surface area contributed by atoms with Crippen molar-refractivity contribution in [1.82, 2.24) is 9.88 Å². The van der Waals surface area contributed by atoms with E-state index in [4.69, 9.17) is 21.1 Å². The van der Waals surface area contributed by atoms with Crippen LogP contribution in [0.3, 0.4) is 0 Å². The highest BCUT2D eigenvalue weighted by atomic mass is 35.5. The zero-order chi connectivity index (χ0) is 15.6. The van der Waals surface area contributed by atoms with Crippen LogP contribution in [0.1, 0.15) is 38.1 Å². The number of rotatable bonds is 2. The fraction of sp³-hybridized carbons (Fsp3) is 0.571. The molecule has 1 aliphatic heterocycles. The number of nitrogens with zero attached hydrogens (tertiary/aromatic N) is 2. The molecule has 1 amide bonds. The van der Waals surface area contributed by atoms with Crippen molar-refractivity contribution >= 4 is 17.7 Å². The molecule has 0 radical (unpaired) electrons. The van der Waals surface area contributed by atoms with Gasteiger partial charge in [-0.05, 0) is 38.8 Å². The van der Waals surface area contributed by atoms with Gasteiger partial charge in [-0.25, -0.2) is 14.2 Å². The lowest BCUT2D eigenvalue weighted by atomic mass is 10.0. The minimum absolute atomic E-state index is 0.208. The first-order valence-electron chi connectivity index (χ1n) is 6.64. The number of carbonyl (C=O) groups is 1. The van der Waals surface area contributed by atoms with Crippen molar-refractivity contribution in [2.45, 2.75) is 39.0 Å². The van der Waals surface area contributed by atoms with Gasteiger partial charge in [0.05, 0.1) is 0 Å². The Kier molecular flexibility index (Phi) is 4.68. The molecule has 0 spiro atoms. The van der Waals surface area contributed by atoms with Gasteiger partial charge in [0.15, 0.2) is 13.1 Å². The molecule has 1 aromatic heterocycles. The first kappa shape index (κ1) is 16.0. The van der Waals surface area contributed by atoms with E-state index in [-0.39, 0.29) is 5.15 Å².